The molecule has 0 aliphatic heterocycles. The average molecular weight is 409 g/mol. The minimum Gasteiger partial charge on any atom is -0.394 e. The lowest BCUT2D eigenvalue weighted by Gasteiger charge is -2.12. The number of aliphatic hydroxyl groups excluding tert-OH is 1. The smallest absolute Gasteiger partial charge is 0.251 e. The highest BCUT2D eigenvalue weighted by atomic mass is 32.1. The summed E-state index contributed by atoms with van der Waals surface area (Å²) in [6.07, 6.45) is 0. The minimum absolute atomic E-state index is 0.0904. The van der Waals surface area contributed by atoms with Crippen molar-refractivity contribution in [3.8, 4) is 21.1 Å². The summed E-state index contributed by atoms with van der Waals surface area (Å²) in [6, 6.07) is 18.0. The van der Waals surface area contributed by atoms with Crippen LogP contribution in [0.1, 0.15) is 22.3 Å². The maximum Gasteiger partial charge on any atom is 0.251 e. The summed E-state index contributed by atoms with van der Waals surface area (Å²) in [6.45, 7) is -0.422. The highest BCUT2D eigenvalue weighted by Gasteiger charge is 2.22. The Kier molecular flexibility index (Phi) is 5.46. The zero-order valence-electron chi connectivity index (χ0n) is 15.1. The largest absolute Gasteiger partial charge is 0.394 e. The number of nitrogens with zero attached hydrogens (tertiary/aromatic N) is 2. The van der Waals surface area contributed by atoms with Gasteiger partial charge in [0.25, 0.3) is 11.8 Å². The Morgan fingerprint density at radius 3 is 2.52 bits per heavy atom. The van der Waals surface area contributed by atoms with E-state index in [0.29, 0.717) is 5.82 Å². The van der Waals surface area contributed by atoms with Crippen molar-refractivity contribution in [2.45, 2.75) is 6.04 Å². The molecular weight excluding hydrogens is 393 g/mol. The van der Waals surface area contributed by atoms with E-state index in [9.17, 15) is 14.3 Å². The molecule has 0 aliphatic rings. The Hall–Kier alpha value is -3.36. The lowest BCUT2D eigenvalue weighted by Crippen LogP contribution is -2.31. The number of hydrogen-bond donors (Lipinski definition) is 2. The third-order valence-corrected chi connectivity index (χ3v) is 5.35. The first kappa shape index (κ1) is 19.0. The van der Waals surface area contributed by atoms with E-state index in [1.54, 1.807) is 0 Å². The zero-order valence-corrected chi connectivity index (χ0v) is 15.9. The Morgan fingerprint density at radius 2 is 1.79 bits per heavy atom. The molecule has 2 aromatic heterocycles. The Bertz CT molecular complexity index is 1110. The van der Waals surface area contributed by atoms with Gasteiger partial charge in [0, 0.05) is 10.4 Å². The molecule has 1 atom stereocenters. The quantitative estimate of drug-likeness (QED) is 0.501. The number of rotatable bonds is 6. The highest BCUT2D eigenvalue weighted by molar-refractivity contribution is 7.18. The van der Waals surface area contributed by atoms with Crippen LogP contribution in [-0.4, -0.2) is 27.8 Å². The maximum absolute atomic E-state index is 13.0. The molecule has 0 saturated heterocycles. The Balaban J connectivity index is 1.50. The summed E-state index contributed by atoms with van der Waals surface area (Å²) >= 11 is 1.51. The standard InChI is InChI=1S/C21H16FN3O3S/c22-15-8-6-14(7-9-15)20(27)23-16(12-26)21-24-19(25-28-21)18-11-10-17(29-18)13-4-2-1-3-5-13/h1-11,16,26H,12H2,(H,23,27)/t16-/m0/s1. The van der Waals surface area contributed by atoms with Gasteiger partial charge in [-0.05, 0) is 42.0 Å². The van der Waals surface area contributed by atoms with Crippen LogP contribution in [0, 0.1) is 5.82 Å². The van der Waals surface area contributed by atoms with Crippen molar-refractivity contribution in [2.24, 2.45) is 0 Å². The van der Waals surface area contributed by atoms with Gasteiger partial charge in [-0.2, -0.15) is 4.98 Å². The summed E-state index contributed by atoms with van der Waals surface area (Å²) < 4.78 is 18.3. The summed E-state index contributed by atoms with van der Waals surface area (Å²) in [5.74, 6) is -0.451. The number of carbonyl (C=O) groups is 1. The molecule has 2 N–H and O–H groups in total. The molecule has 146 valence electrons. The number of amides is 1. The fraction of sp³-hybridized carbons (Fsp3) is 0.0952. The van der Waals surface area contributed by atoms with Crippen LogP contribution in [0.3, 0.4) is 0 Å². The molecular formula is C21H16FN3O3S. The molecule has 0 spiro atoms. The molecule has 2 heterocycles. The second-order valence-corrected chi connectivity index (χ2v) is 7.29. The number of carbonyl (C=O) groups excluding carboxylic acids is 1. The number of halogens is 1. The molecule has 8 heteroatoms. The predicted molar refractivity (Wildman–Crippen MR) is 107 cm³/mol. The number of thiophene rings is 1. The van der Waals surface area contributed by atoms with Gasteiger partial charge < -0.3 is 14.9 Å². The maximum atomic E-state index is 13.0. The lowest BCUT2D eigenvalue weighted by molar-refractivity contribution is 0.0901. The van der Waals surface area contributed by atoms with E-state index in [1.165, 1.54) is 35.6 Å². The third kappa shape index (κ3) is 4.23. The van der Waals surface area contributed by atoms with Crippen molar-refractivity contribution < 1.29 is 18.8 Å². The first-order valence-electron chi connectivity index (χ1n) is 8.80. The molecule has 0 bridgehead atoms. The predicted octanol–water partition coefficient (Wildman–Crippen LogP) is 4.07. The van der Waals surface area contributed by atoms with Crippen LogP contribution in [-0.2, 0) is 0 Å². The van der Waals surface area contributed by atoms with Gasteiger partial charge in [-0.1, -0.05) is 35.5 Å². The number of aromatic nitrogens is 2. The first-order valence-corrected chi connectivity index (χ1v) is 9.62. The second-order valence-electron chi connectivity index (χ2n) is 6.20. The molecule has 0 saturated carbocycles. The summed E-state index contributed by atoms with van der Waals surface area (Å²) in [7, 11) is 0. The molecule has 4 aromatic rings. The Labute approximate surface area is 169 Å². The van der Waals surface area contributed by atoms with Crippen LogP contribution in [0.4, 0.5) is 4.39 Å². The van der Waals surface area contributed by atoms with Crippen molar-refractivity contribution >= 4 is 17.2 Å². The van der Waals surface area contributed by atoms with Crippen LogP contribution in [0.25, 0.3) is 21.1 Å². The number of aliphatic hydroxyl groups is 1. The summed E-state index contributed by atoms with van der Waals surface area (Å²) in [5.41, 5.74) is 1.35. The molecule has 29 heavy (non-hydrogen) atoms. The van der Waals surface area contributed by atoms with Crippen LogP contribution in [0.15, 0.2) is 71.3 Å². The second kappa shape index (κ2) is 8.34. The van der Waals surface area contributed by atoms with E-state index in [4.69, 9.17) is 4.52 Å². The van der Waals surface area contributed by atoms with Crippen molar-refractivity contribution in [1.82, 2.24) is 15.5 Å². The minimum atomic E-state index is -0.873. The van der Waals surface area contributed by atoms with Crippen LogP contribution < -0.4 is 5.32 Å². The fourth-order valence-corrected chi connectivity index (χ4v) is 3.66. The lowest BCUT2D eigenvalue weighted by atomic mass is 10.2. The van der Waals surface area contributed by atoms with Gasteiger partial charge in [0.15, 0.2) is 0 Å². The molecule has 4 rings (SSSR count). The van der Waals surface area contributed by atoms with Gasteiger partial charge >= 0.3 is 0 Å². The molecule has 1 amide bonds. The molecule has 0 aliphatic carbocycles. The van der Waals surface area contributed by atoms with Crippen molar-refractivity contribution in [1.29, 1.82) is 0 Å². The van der Waals surface area contributed by atoms with E-state index in [1.807, 2.05) is 42.5 Å². The third-order valence-electron chi connectivity index (χ3n) is 4.22. The van der Waals surface area contributed by atoms with E-state index < -0.39 is 24.4 Å². The van der Waals surface area contributed by atoms with E-state index in [0.717, 1.165) is 15.3 Å². The van der Waals surface area contributed by atoms with E-state index in [-0.39, 0.29) is 11.5 Å². The molecule has 2 aromatic carbocycles. The summed E-state index contributed by atoms with van der Waals surface area (Å²) in [4.78, 5) is 18.5. The topological polar surface area (TPSA) is 88.2 Å². The molecule has 6 nitrogen and oxygen atoms in total. The van der Waals surface area contributed by atoms with Gasteiger partial charge in [0.05, 0.1) is 11.5 Å². The van der Waals surface area contributed by atoms with Crippen molar-refractivity contribution in [2.75, 3.05) is 6.61 Å². The average Bonchev–Trinajstić information content (AvgIpc) is 3.43. The SMILES string of the molecule is O=C(N[C@@H](CO)c1nc(-c2ccc(-c3ccccc3)s2)no1)c1ccc(F)cc1. The van der Waals surface area contributed by atoms with E-state index >= 15 is 0 Å². The normalized spacial score (nSPS) is 11.9. The number of benzene rings is 2. The van der Waals surface area contributed by atoms with Gasteiger partial charge in [-0.3, -0.25) is 4.79 Å². The van der Waals surface area contributed by atoms with Gasteiger partial charge in [0.2, 0.25) is 5.82 Å². The molecule has 0 radical (unpaired) electrons. The molecule has 0 unspecified atom stereocenters. The van der Waals surface area contributed by atoms with Gasteiger partial charge in [-0.15, -0.1) is 11.3 Å². The monoisotopic (exact) mass is 409 g/mol. The fourth-order valence-electron chi connectivity index (χ4n) is 2.72. The number of nitrogens with one attached hydrogen (secondary N) is 1. The summed E-state index contributed by atoms with van der Waals surface area (Å²) in [5, 5.41) is 16.2. The zero-order chi connectivity index (χ0) is 20.2. The molecule has 0 fully saturated rings. The van der Waals surface area contributed by atoms with Gasteiger partial charge in [-0.25, -0.2) is 4.39 Å². The van der Waals surface area contributed by atoms with Crippen LogP contribution in [0.2, 0.25) is 0 Å². The van der Waals surface area contributed by atoms with Crippen molar-refractivity contribution in [3.05, 3.63) is 84.0 Å². The van der Waals surface area contributed by atoms with Crippen LogP contribution >= 0.6 is 11.3 Å². The van der Waals surface area contributed by atoms with Crippen molar-refractivity contribution in [3.63, 3.8) is 0 Å². The highest BCUT2D eigenvalue weighted by Crippen LogP contribution is 2.33. The Morgan fingerprint density at radius 1 is 1.07 bits per heavy atom. The first-order chi connectivity index (χ1) is 14.1. The van der Waals surface area contributed by atoms with E-state index in [2.05, 4.69) is 15.5 Å². The van der Waals surface area contributed by atoms with Gasteiger partial charge in [0.1, 0.15) is 11.9 Å². The van der Waals surface area contributed by atoms with Crippen LogP contribution in [0.5, 0.6) is 0 Å². The number of hydrogen-bond acceptors (Lipinski definition) is 6.